The molecule has 1 aliphatic rings. The molecule has 0 atom stereocenters. The van der Waals surface area contributed by atoms with Crippen molar-refractivity contribution < 1.29 is 18.6 Å². The van der Waals surface area contributed by atoms with Crippen LogP contribution in [0.5, 0.6) is 0 Å². The predicted octanol–water partition coefficient (Wildman–Crippen LogP) is -0.455. The Balaban J connectivity index is 2.70. The molecule has 0 heterocycles. The zero-order valence-corrected chi connectivity index (χ0v) is 9.62. The lowest BCUT2D eigenvalue weighted by Gasteiger charge is -2.23. The van der Waals surface area contributed by atoms with Crippen LogP contribution in [0.3, 0.4) is 0 Å². The van der Waals surface area contributed by atoms with Crippen LogP contribution < -0.4 is 0 Å². The molecule has 6 heteroatoms. The molecular weight excluding hydrogens is 218 g/mol. The van der Waals surface area contributed by atoms with Crippen LogP contribution in [-0.4, -0.2) is 54.5 Å². The molecule has 5 nitrogen and oxygen atoms in total. The maximum absolute atomic E-state index is 12.0. The van der Waals surface area contributed by atoms with Crippen molar-refractivity contribution in [2.75, 3.05) is 26.3 Å². The van der Waals surface area contributed by atoms with Gasteiger partial charge >= 0.3 is 0 Å². The maximum Gasteiger partial charge on any atom is 0.217 e. The third kappa shape index (κ3) is 3.14. The molecule has 0 saturated heterocycles. The minimum atomic E-state index is -3.31. The molecular formula is C9H19NO4S. The number of sulfonamides is 1. The van der Waals surface area contributed by atoms with Gasteiger partial charge < -0.3 is 10.2 Å². The molecule has 15 heavy (non-hydrogen) atoms. The number of rotatable bonds is 6. The fourth-order valence-electron chi connectivity index (χ4n) is 1.99. The second-order valence-corrected chi connectivity index (χ2v) is 6.01. The molecule has 90 valence electrons. The lowest BCUT2D eigenvalue weighted by molar-refractivity contribution is 0.216. The molecule has 0 bridgehead atoms. The highest BCUT2D eigenvalue weighted by Crippen LogP contribution is 2.26. The van der Waals surface area contributed by atoms with Gasteiger partial charge in [-0.05, 0) is 12.8 Å². The van der Waals surface area contributed by atoms with E-state index < -0.39 is 10.0 Å². The van der Waals surface area contributed by atoms with Gasteiger partial charge in [-0.2, -0.15) is 4.31 Å². The van der Waals surface area contributed by atoms with Crippen molar-refractivity contribution in [3.63, 3.8) is 0 Å². The van der Waals surface area contributed by atoms with Crippen molar-refractivity contribution in [2.24, 2.45) is 0 Å². The molecule has 0 spiro atoms. The second kappa shape index (κ2) is 5.79. The van der Waals surface area contributed by atoms with Gasteiger partial charge in [0.2, 0.25) is 10.0 Å². The Morgan fingerprint density at radius 3 is 1.93 bits per heavy atom. The molecule has 0 unspecified atom stereocenters. The number of nitrogens with zero attached hydrogens (tertiary/aromatic N) is 1. The summed E-state index contributed by atoms with van der Waals surface area (Å²) < 4.78 is 25.2. The highest BCUT2D eigenvalue weighted by Gasteiger charge is 2.33. The van der Waals surface area contributed by atoms with Crippen LogP contribution in [0, 0.1) is 0 Å². The first-order valence-corrected chi connectivity index (χ1v) is 6.84. The van der Waals surface area contributed by atoms with E-state index in [4.69, 9.17) is 10.2 Å². The summed E-state index contributed by atoms with van der Waals surface area (Å²) in [4.78, 5) is 0. The first kappa shape index (κ1) is 12.9. The van der Waals surface area contributed by atoms with Crippen molar-refractivity contribution in [3.05, 3.63) is 0 Å². The van der Waals surface area contributed by atoms with Crippen molar-refractivity contribution in [1.82, 2.24) is 4.31 Å². The van der Waals surface area contributed by atoms with Crippen LogP contribution in [0.4, 0.5) is 0 Å². The smallest absolute Gasteiger partial charge is 0.217 e. The highest BCUT2D eigenvalue weighted by molar-refractivity contribution is 7.89. The first-order valence-electron chi connectivity index (χ1n) is 5.33. The predicted molar refractivity (Wildman–Crippen MR) is 56.9 cm³/mol. The quantitative estimate of drug-likeness (QED) is 0.655. The summed E-state index contributed by atoms with van der Waals surface area (Å²) in [6.07, 6.45) is 3.32. The summed E-state index contributed by atoms with van der Waals surface area (Å²) in [6.45, 7) is -0.239. The highest BCUT2D eigenvalue weighted by atomic mass is 32.2. The van der Waals surface area contributed by atoms with E-state index in [1.807, 2.05) is 0 Å². The first-order chi connectivity index (χ1) is 7.12. The fraction of sp³-hybridized carbons (Fsp3) is 1.00. The lowest BCUT2D eigenvalue weighted by atomic mass is 10.4. The van der Waals surface area contributed by atoms with Gasteiger partial charge in [-0.3, -0.25) is 0 Å². The summed E-state index contributed by atoms with van der Waals surface area (Å²) >= 11 is 0. The lowest BCUT2D eigenvalue weighted by Crippen LogP contribution is -2.41. The Kier molecular flexibility index (Phi) is 4.98. The molecule has 2 N–H and O–H groups in total. The van der Waals surface area contributed by atoms with Gasteiger partial charge in [0.1, 0.15) is 0 Å². The number of hydrogen-bond donors (Lipinski definition) is 2. The summed E-state index contributed by atoms with van der Waals surface area (Å²) in [5.74, 6) is 0. The van der Waals surface area contributed by atoms with E-state index in [0.29, 0.717) is 12.8 Å². The van der Waals surface area contributed by atoms with E-state index >= 15 is 0 Å². The van der Waals surface area contributed by atoms with Gasteiger partial charge in [-0.25, -0.2) is 8.42 Å². The number of aliphatic hydroxyl groups excluding tert-OH is 2. The molecule has 0 radical (unpaired) electrons. The molecule has 1 aliphatic carbocycles. The minimum Gasteiger partial charge on any atom is -0.395 e. The SMILES string of the molecule is O=S(=O)(C1CCCC1)N(CCO)CCO. The largest absolute Gasteiger partial charge is 0.395 e. The molecule has 0 aromatic heterocycles. The van der Waals surface area contributed by atoms with Crippen molar-refractivity contribution in [2.45, 2.75) is 30.9 Å². The molecule has 0 amide bonds. The Labute approximate surface area is 90.8 Å². The van der Waals surface area contributed by atoms with Crippen molar-refractivity contribution in [3.8, 4) is 0 Å². The summed E-state index contributed by atoms with van der Waals surface area (Å²) in [7, 11) is -3.31. The van der Waals surface area contributed by atoms with E-state index in [2.05, 4.69) is 0 Å². The van der Waals surface area contributed by atoms with Gasteiger partial charge in [-0.15, -0.1) is 0 Å². The van der Waals surface area contributed by atoms with E-state index in [1.165, 1.54) is 4.31 Å². The minimum absolute atomic E-state index is 0.0827. The third-order valence-electron chi connectivity index (χ3n) is 2.78. The van der Waals surface area contributed by atoms with Gasteiger partial charge in [0.25, 0.3) is 0 Å². The van der Waals surface area contributed by atoms with Crippen LogP contribution in [0.2, 0.25) is 0 Å². The average molecular weight is 237 g/mol. The summed E-state index contributed by atoms with van der Waals surface area (Å²) in [6, 6.07) is 0. The summed E-state index contributed by atoms with van der Waals surface area (Å²) in [5.41, 5.74) is 0. The topological polar surface area (TPSA) is 77.8 Å². The second-order valence-electron chi connectivity index (χ2n) is 3.80. The van der Waals surface area contributed by atoms with Gasteiger partial charge in [0, 0.05) is 13.1 Å². The normalized spacial score (nSPS) is 18.9. The van der Waals surface area contributed by atoms with Gasteiger partial charge in [0.05, 0.1) is 18.5 Å². The average Bonchev–Trinajstić information content (AvgIpc) is 2.70. The van der Waals surface area contributed by atoms with Crippen molar-refractivity contribution >= 4 is 10.0 Å². The Morgan fingerprint density at radius 1 is 1.07 bits per heavy atom. The molecule has 0 aromatic carbocycles. The van der Waals surface area contributed by atoms with Crippen LogP contribution >= 0.6 is 0 Å². The third-order valence-corrected chi connectivity index (χ3v) is 5.18. The summed E-state index contributed by atoms with van der Waals surface area (Å²) in [5, 5.41) is 17.3. The zero-order chi connectivity index (χ0) is 11.3. The zero-order valence-electron chi connectivity index (χ0n) is 8.80. The van der Waals surface area contributed by atoms with Crippen LogP contribution in [0.25, 0.3) is 0 Å². The van der Waals surface area contributed by atoms with Crippen LogP contribution in [0.1, 0.15) is 25.7 Å². The van der Waals surface area contributed by atoms with E-state index in [-0.39, 0.29) is 31.6 Å². The number of hydrogen-bond acceptors (Lipinski definition) is 4. The Morgan fingerprint density at radius 2 is 1.53 bits per heavy atom. The molecule has 0 aromatic rings. The van der Waals surface area contributed by atoms with Crippen molar-refractivity contribution in [1.29, 1.82) is 0 Å². The van der Waals surface area contributed by atoms with E-state index in [0.717, 1.165) is 12.8 Å². The van der Waals surface area contributed by atoms with Crippen LogP contribution in [-0.2, 0) is 10.0 Å². The number of aliphatic hydroxyl groups is 2. The molecule has 1 fully saturated rings. The van der Waals surface area contributed by atoms with Crippen LogP contribution in [0.15, 0.2) is 0 Å². The molecule has 1 saturated carbocycles. The monoisotopic (exact) mass is 237 g/mol. The Bertz CT molecular complexity index is 266. The standard InChI is InChI=1S/C9H19NO4S/c11-7-5-10(6-8-12)15(13,14)9-3-1-2-4-9/h9,11-12H,1-8H2. The van der Waals surface area contributed by atoms with E-state index in [9.17, 15) is 8.42 Å². The fourth-order valence-corrected chi connectivity index (χ4v) is 4.01. The van der Waals surface area contributed by atoms with E-state index in [1.54, 1.807) is 0 Å². The maximum atomic E-state index is 12.0. The molecule has 0 aliphatic heterocycles. The Hall–Kier alpha value is -0.170. The molecule has 1 rings (SSSR count). The van der Waals surface area contributed by atoms with Gasteiger partial charge in [-0.1, -0.05) is 12.8 Å². The van der Waals surface area contributed by atoms with Gasteiger partial charge in [0.15, 0.2) is 0 Å².